The summed E-state index contributed by atoms with van der Waals surface area (Å²) < 4.78 is 27.4. The standard InChI is InChI=1S/C27H31Cl2FN6O3/c1-17(25-21(28)2-3-22(30)26(25)29)39-23-12-18(13-32-27(23)31)19-14-33-36(15-19)20-4-6-34(7-5-20)16-24(37)35-8-10-38-11-9-35/h2-3,12-15,17,20H,4-11,16H2,1H3,(H2,31,32). The average molecular weight is 577 g/mol. The highest BCUT2D eigenvalue weighted by atomic mass is 35.5. The molecule has 9 nitrogen and oxygen atoms in total. The summed E-state index contributed by atoms with van der Waals surface area (Å²) in [4.78, 5) is 21.0. The minimum atomic E-state index is -0.664. The molecule has 39 heavy (non-hydrogen) atoms. The summed E-state index contributed by atoms with van der Waals surface area (Å²) in [6.07, 6.45) is 6.57. The van der Waals surface area contributed by atoms with Gasteiger partial charge in [0.1, 0.15) is 11.9 Å². The van der Waals surface area contributed by atoms with Gasteiger partial charge in [-0.1, -0.05) is 23.2 Å². The monoisotopic (exact) mass is 576 g/mol. The first-order chi connectivity index (χ1) is 18.8. The zero-order valence-corrected chi connectivity index (χ0v) is 23.2. The van der Waals surface area contributed by atoms with E-state index >= 15 is 0 Å². The Balaban J connectivity index is 1.22. The van der Waals surface area contributed by atoms with Gasteiger partial charge in [0.25, 0.3) is 0 Å². The number of halogens is 3. The van der Waals surface area contributed by atoms with Crippen LogP contribution in [0.15, 0.2) is 36.8 Å². The van der Waals surface area contributed by atoms with Gasteiger partial charge in [0.05, 0.1) is 37.0 Å². The van der Waals surface area contributed by atoms with Gasteiger partial charge in [-0.05, 0) is 38.0 Å². The van der Waals surface area contributed by atoms with Crippen molar-refractivity contribution >= 4 is 34.9 Å². The number of benzene rings is 1. The summed E-state index contributed by atoms with van der Waals surface area (Å²) in [6.45, 7) is 6.40. The highest BCUT2D eigenvalue weighted by molar-refractivity contribution is 6.36. The molecule has 0 aliphatic carbocycles. The van der Waals surface area contributed by atoms with Gasteiger partial charge >= 0.3 is 0 Å². The first kappa shape index (κ1) is 27.6. The summed E-state index contributed by atoms with van der Waals surface area (Å²) in [7, 11) is 0. The Labute approximate surface area is 236 Å². The Morgan fingerprint density at radius 1 is 1.18 bits per heavy atom. The first-order valence-electron chi connectivity index (χ1n) is 13.0. The number of hydrogen-bond donors (Lipinski definition) is 1. The van der Waals surface area contributed by atoms with Crippen molar-refractivity contribution in [2.75, 3.05) is 51.7 Å². The van der Waals surface area contributed by atoms with Crippen molar-refractivity contribution in [3.8, 4) is 16.9 Å². The number of pyridine rings is 1. The van der Waals surface area contributed by atoms with Crippen molar-refractivity contribution < 1.29 is 18.7 Å². The Morgan fingerprint density at radius 2 is 1.92 bits per heavy atom. The van der Waals surface area contributed by atoms with Crippen molar-refractivity contribution in [1.29, 1.82) is 0 Å². The van der Waals surface area contributed by atoms with Crippen LogP contribution in [-0.4, -0.2) is 76.4 Å². The largest absolute Gasteiger partial charge is 0.482 e. The molecule has 4 heterocycles. The van der Waals surface area contributed by atoms with E-state index in [1.54, 1.807) is 25.4 Å². The van der Waals surface area contributed by atoms with Crippen LogP contribution in [0.2, 0.25) is 10.0 Å². The van der Waals surface area contributed by atoms with Crippen molar-refractivity contribution in [3.05, 3.63) is 58.2 Å². The minimum absolute atomic E-state index is 0.0875. The van der Waals surface area contributed by atoms with Gasteiger partial charge in [0, 0.05) is 60.3 Å². The molecule has 1 aromatic carbocycles. The fraction of sp³-hybridized carbons (Fsp3) is 0.444. The lowest BCUT2D eigenvalue weighted by Crippen LogP contribution is -2.47. The topological polar surface area (TPSA) is 98.7 Å². The van der Waals surface area contributed by atoms with E-state index in [9.17, 15) is 9.18 Å². The number of rotatable bonds is 7. The predicted molar refractivity (Wildman–Crippen MR) is 147 cm³/mol. The summed E-state index contributed by atoms with van der Waals surface area (Å²) in [5.74, 6) is 0.125. The van der Waals surface area contributed by atoms with Crippen LogP contribution < -0.4 is 10.5 Å². The average Bonchev–Trinajstić information content (AvgIpc) is 3.43. The molecule has 1 amide bonds. The molecule has 5 rings (SSSR count). The first-order valence-corrected chi connectivity index (χ1v) is 13.7. The number of ether oxygens (including phenoxy) is 2. The molecule has 2 saturated heterocycles. The molecule has 12 heteroatoms. The number of nitrogens with two attached hydrogens (primary N) is 1. The second-order valence-electron chi connectivity index (χ2n) is 9.83. The van der Waals surface area contributed by atoms with Gasteiger partial charge < -0.3 is 20.1 Å². The van der Waals surface area contributed by atoms with Crippen LogP contribution in [0.4, 0.5) is 10.2 Å². The second kappa shape index (κ2) is 12.1. The van der Waals surface area contributed by atoms with E-state index in [0.29, 0.717) is 49.2 Å². The predicted octanol–water partition coefficient (Wildman–Crippen LogP) is 4.61. The Hall–Kier alpha value is -2.92. The third-order valence-electron chi connectivity index (χ3n) is 7.26. The molecule has 2 aliphatic heterocycles. The molecular weight excluding hydrogens is 546 g/mol. The molecule has 0 radical (unpaired) electrons. The Morgan fingerprint density at radius 3 is 2.67 bits per heavy atom. The molecule has 2 aliphatic rings. The van der Waals surface area contributed by atoms with E-state index in [2.05, 4.69) is 15.0 Å². The lowest BCUT2D eigenvalue weighted by molar-refractivity contribution is -0.136. The van der Waals surface area contributed by atoms with Crippen LogP contribution in [0, 0.1) is 5.82 Å². The molecule has 0 spiro atoms. The van der Waals surface area contributed by atoms with Crippen LogP contribution in [0.1, 0.15) is 37.5 Å². The maximum absolute atomic E-state index is 14.0. The van der Waals surface area contributed by atoms with Gasteiger partial charge in [-0.15, -0.1) is 0 Å². The number of nitrogen functional groups attached to an aromatic ring is 1. The van der Waals surface area contributed by atoms with Gasteiger partial charge in [0.2, 0.25) is 5.91 Å². The number of piperidine rings is 1. The summed E-state index contributed by atoms with van der Waals surface area (Å²) in [5.41, 5.74) is 8.07. The molecule has 208 valence electrons. The molecule has 0 bridgehead atoms. The molecule has 2 fully saturated rings. The fourth-order valence-electron chi connectivity index (χ4n) is 5.01. The quantitative estimate of drug-likeness (QED) is 0.410. The molecule has 3 aromatic rings. The van der Waals surface area contributed by atoms with Crippen LogP contribution in [0.5, 0.6) is 5.75 Å². The summed E-state index contributed by atoms with van der Waals surface area (Å²) in [6, 6.07) is 4.67. The molecule has 0 saturated carbocycles. The van der Waals surface area contributed by atoms with Gasteiger partial charge in [-0.2, -0.15) is 5.10 Å². The summed E-state index contributed by atoms with van der Waals surface area (Å²) in [5, 5.41) is 4.81. The number of hydrogen-bond acceptors (Lipinski definition) is 7. The molecule has 2 aromatic heterocycles. The van der Waals surface area contributed by atoms with E-state index in [4.69, 9.17) is 38.4 Å². The Bertz CT molecular complexity index is 1320. The SMILES string of the molecule is CC(Oc1cc(-c2cnn(C3CCN(CC(=O)N4CCOCC4)CC3)c2)cnc1N)c1c(Cl)ccc(F)c1Cl. The third-order valence-corrected chi connectivity index (χ3v) is 7.97. The number of carbonyl (C=O) groups excluding carboxylic acids is 1. The second-order valence-corrected chi connectivity index (χ2v) is 10.6. The number of morpholine rings is 1. The van der Waals surface area contributed by atoms with Crippen molar-refractivity contribution in [1.82, 2.24) is 24.6 Å². The number of carbonyl (C=O) groups is 1. The fourth-order valence-corrected chi connectivity index (χ4v) is 5.68. The minimum Gasteiger partial charge on any atom is -0.482 e. The molecule has 2 N–H and O–H groups in total. The van der Waals surface area contributed by atoms with Crippen LogP contribution in [0.3, 0.4) is 0 Å². The lowest BCUT2D eigenvalue weighted by atomic mass is 10.1. The molecule has 1 unspecified atom stereocenters. The van der Waals surface area contributed by atoms with Crippen LogP contribution >= 0.6 is 23.2 Å². The third kappa shape index (κ3) is 6.30. The maximum atomic E-state index is 14.0. The number of nitrogens with zero attached hydrogens (tertiary/aromatic N) is 5. The zero-order valence-electron chi connectivity index (χ0n) is 21.7. The highest BCUT2D eigenvalue weighted by Gasteiger charge is 2.26. The Kier molecular flexibility index (Phi) is 8.56. The van der Waals surface area contributed by atoms with Gasteiger partial charge in [-0.25, -0.2) is 9.37 Å². The smallest absolute Gasteiger partial charge is 0.236 e. The molecule has 1 atom stereocenters. The highest BCUT2D eigenvalue weighted by Crippen LogP contribution is 2.37. The van der Waals surface area contributed by atoms with Crippen molar-refractivity contribution in [2.24, 2.45) is 0 Å². The van der Waals surface area contributed by atoms with E-state index in [-0.39, 0.29) is 22.8 Å². The van der Waals surface area contributed by atoms with Crippen LogP contribution in [0.25, 0.3) is 11.1 Å². The van der Waals surface area contributed by atoms with E-state index in [1.807, 2.05) is 15.8 Å². The molecular formula is C27H31Cl2FN6O3. The zero-order chi connectivity index (χ0) is 27.5. The van der Waals surface area contributed by atoms with Gasteiger partial charge in [-0.3, -0.25) is 14.4 Å². The van der Waals surface area contributed by atoms with E-state index in [1.165, 1.54) is 12.1 Å². The number of aromatic nitrogens is 3. The van der Waals surface area contributed by atoms with Crippen molar-refractivity contribution in [3.63, 3.8) is 0 Å². The summed E-state index contributed by atoms with van der Waals surface area (Å²) >= 11 is 12.4. The number of likely N-dealkylation sites (tertiary alicyclic amines) is 1. The van der Waals surface area contributed by atoms with Crippen LogP contribution in [-0.2, 0) is 9.53 Å². The van der Waals surface area contributed by atoms with E-state index < -0.39 is 11.9 Å². The maximum Gasteiger partial charge on any atom is 0.236 e. The number of anilines is 1. The normalized spacial score (nSPS) is 17.8. The van der Waals surface area contributed by atoms with Crippen molar-refractivity contribution in [2.45, 2.75) is 31.9 Å². The van der Waals surface area contributed by atoms with Gasteiger partial charge in [0.15, 0.2) is 11.6 Å². The van der Waals surface area contributed by atoms with E-state index in [0.717, 1.165) is 37.1 Å². The number of amides is 1. The lowest BCUT2D eigenvalue weighted by Gasteiger charge is -2.34.